The molecule has 1 amide bonds. The van der Waals surface area contributed by atoms with E-state index in [1.807, 2.05) is 20.8 Å². The minimum Gasteiger partial charge on any atom is -0.354 e. The predicted molar refractivity (Wildman–Crippen MR) is 126 cm³/mol. The molecule has 9 nitrogen and oxygen atoms in total. The lowest BCUT2D eigenvalue weighted by Gasteiger charge is -2.34. The number of benzene rings is 1. The molecule has 2 aromatic rings. The van der Waals surface area contributed by atoms with Crippen molar-refractivity contribution in [2.24, 2.45) is 11.8 Å². The van der Waals surface area contributed by atoms with E-state index in [0.717, 1.165) is 6.42 Å². The number of ether oxygens (including phenoxy) is 2. The number of carbonyl (C=O) groups excluding carboxylic acids is 1. The molecule has 1 aliphatic heterocycles. The molecule has 0 unspecified atom stereocenters. The van der Waals surface area contributed by atoms with Crippen molar-refractivity contribution in [1.82, 2.24) is 14.2 Å². The molecular formula is C23H33N3O6S. The SMILES string of the molecule is CCn1cc(C(=O)NCC(OC)OC)c(=O)c2cc(S(=O)(=O)N3C[C@H](C)C[C@H](C)C3)ccc21. The second kappa shape index (κ2) is 10.3. The number of nitrogens with zero attached hydrogens (tertiary/aromatic N) is 2. The maximum atomic E-state index is 13.4. The Balaban J connectivity index is 2.03. The minimum absolute atomic E-state index is 0.0624. The van der Waals surface area contributed by atoms with E-state index in [2.05, 4.69) is 5.32 Å². The molecular weight excluding hydrogens is 446 g/mol. The van der Waals surface area contributed by atoms with Crippen molar-refractivity contribution in [3.05, 3.63) is 40.2 Å². The third-order valence-corrected chi connectivity index (χ3v) is 7.89. The number of aryl methyl sites for hydroxylation is 1. The number of methoxy groups -OCH3 is 2. The molecule has 1 aromatic carbocycles. The van der Waals surface area contributed by atoms with Crippen LogP contribution in [0, 0.1) is 11.8 Å². The van der Waals surface area contributed by atoms with Crippen LogP contribution in [0.5, 0.6) is 0 Å². The standard InChI is InChI=1S/C23H33N3O6S/c1-6-25-14-19(23(28)24-11-21(31-4)32-5)22(27)18-10-17(7-8-20(18)25)33(29,30)26-12-15(2)9-16(3)13-26/h7-8,10,14-16,21H,6,9,11-13H2,1-5H3,(H,24,28)/t15-,16+. The topological polar surface area (TPSA) is 107 Å². The summed E-state index contributed by atoms with van der Waals surface area (Å²) in [4.78, 5) is 26.1. The van der Waals surface area contributed by atoms with Gasteiger partial charge in [0.2, 0.25) is 15.5 Å². The van der Waals surface area contributed by atoms with Gasteiger partial charge in [-0.3, -0.25) is 9.59 Å². The molecule has 2 atom stereocenters. The quantitative estimate of drug-likeness (QED) is 0.581. The lowest BCUT2D eigenvalue weighted by Crippen LogP contribution is -2.42. The summed E-state index contributed by atoms with van der Waals surface area (Å²) >= 11 is 0. The van der Waals surface area contributed by atoms with Crippen molar-refractivity contribution >= 4 is 26.8 Å². The van der Waals surface area contributed by atoms with Gasteiger partial charge in [-0.05, 0) is 43.4 Å². The molecule has 1 saturated heterocycles. The smallest absolute Gasteiger partial charge is 0.256 e. The number of pyridine rings is 1. The van der Waals surface area contributed by atoms with Gasteiger partial charge in [0.1, 0.15) is 5.56 Å². The Morgan fingerprint density at radius 3 is 2.39 bits per heavy atom. The number of rotatable bonds is 8. The van der Waals surface area contributed by atoms with Crippen LogP contribution in [-0.4, -0.2) is 63.3 Å². The summed E-state index contributed by atoms with van der Waals surface area (Å²) in [6.45, 7) is 7.44. The van der Waals surface area contributed by atoms with Crippen molar-refractivity contribution in [3.8, 4) is 0 Å². The maximum absolute atomic E-state index is 13.4. The number of nitrogens with one attached hydrogen (secondary N) is 1. The molecule has 0 bridgehead atoms. The van der Waals surface area contributed by atoms with Crippen molar-refractivity contribution < 1.29 is 22.7 Å². The van der Waals surface area contributed by atoms with E-state index in [0.29, 0.717) is 25.2 Å². The Hall–Kier alpha value is -2.27. The third kappa shape index (κ3) is 5.29. The molecule has 33 heavy (non-hydrogen) atoms. The van der Waals surface area contributed by atoms with E-state index < -0.39 is 27.6 Å². The van der Waals surface area contributed by atoms with E-state index in [-0.39, 0.29) is 34.2 Å². The largest absolute Gasteiger partial charge is 0.354 e. The zero-order valence-corrected chi connectivity index (χ0v) is 20.6. The van der Waals surface area contributed by atoms with E-state index >= 15 is 0 Å². The Kier molecular flexibility index (Phi) is 7.94. The molecule has 0 aliphatic carbocycles. The Bertz CT molecular complexity index is 1160. The average molecular weight is 480 g/mol. The van der Waals surface area contributed by atoms with Crippen LogP contribution in [0.2, 0.25) is 0 Å². The number of hydrogen-bond donors (Lipinski definition) is 1. The van der Waals surface area contributed by atoms with Crippen LogP contribution in [0.4, 0.5) is 0 Å². The molecule has 1 N–H and O–H groups in total. The number of carbonyl (C=O) groups is 1. The van der Waals surface area contributed by atoms with Crippen LogP contribution in [0.3, 0.4) is 0 Å². The Morgan fingerprint density at radius 2 is 1.82 bits per heavy atom. The fourth-order valence-corrected chi connectivity index (χ4v) is 6.15. The van der Waals surface area contributed by atoms with Crippen LogP contribution < -0.4 is 10.7 Å². The molecule has 0 spiro atoms. The van der Waals surface area contributed by atoms with Crippen LogP contribution in [0.15, 0.2) is 34.1 Å². The van der Waals surface area contributed by atoms with Crippen molar-refractivity contribution in [3.63, 3.8) is 0 Å². The van der Waals surface area contributed by atoms with Crippen LogP contribution in [0.25, 0.3) is 10.9 Å². The molecule has 2 heterocycles. The summed E-state index contributed by atoms with van der Waals surface area (Å²) in [5.74, 6) is -0.0469. The summed E-state index contributed by atoms with van der Waals surface area (Å²) in [5, 5.41) is 2.83. The normalized spacial score (nSPS) is 19.8. The van der Waals surface area contributed by atoms with Crippen molar-refractivity contribution in [1.29, 1.82) is 0 Å². The molecule has 0 saturated carbocycles. The molecule has 3 rings (SSSR count). The van der Waals surface area contributed by atoms with Crippen molar-refractivity contribution in [2.45, 2.75) is 44.9 Å². The maximum Gasteiger partial charge on any atom is 0.256 e. The highest BCUT2D eigenvalue weighted by molar-refractivity contribution is 7.89. The Morgan fingerprint density at radius 1 is 1.18 bits per heavy atom. The number of piperidine rings is 1. The second-order valence-corrected chi connectivity index (χ2v) is 10.7. The number of sulfonamides is 1. The van der Waals surface area contributed by atoms with E-state index in [9.17, 15) is 18.0 Å². The summed E-state index contributed by atoms with van der Waals surface area (Å²) < 4.78 is 40.1. The first-order valence-corrected chi connectivity index (χ1v) is 12.6. The number of hydrogen-bond acceptors (Lipinski definition) is 6. The zero-order valence-electron chi connectivity index (χ0n) is 19.8. The first kappa shape index (κ1) is 25.4. The third-order valence-electron chi connectivity index (χ3n) is 6.07. The second-order valence-electron chi connectivity index (χ2n) is 8.72. The van der Waals surface area contributed by atoms with Gasteiger partial charge in [0.15, 0.2) is 6.29 Å². The number of aromatic nitrogens is 1. The molecule has 0 radical (unpaired) electrons. The summed E-state index contributed by atoms with van der Waals surface area (Å²) in [6.07, 6.45) is 1.83. The zero-order chi connectivity index (χ0) is 24.3. The van der Waals surface area contributed by atoms with E-state index in [1.165, 1.54) is 36.9 Å². The number of amides is 1. The minimum atomic E-state index is -3.77. The van der Waals surface area contributed by atoms with Gasteiger partial charge in [-0.2, -0.15) is 4.31 Å². The fourth-order valence-electron chi connectivity index (χ4n) is 4.45. The van der Waals surface area contributed by atoms with Crippen LogP contribution in [-0.2, 0) is 26.0 Å². The summed E-state index contributed by atoms with van der Waals surface area (Å²) in [5.41, 5.74) is -0.00822. The van der Waals surface area contributed by atoms with Gasteiger partial charge in [-0.15, -0.1) is 0 Å². The molecule has 10 heteroatoms. The summed E-state index contributed by atoms with van der Waals surface area (Å²) in [7, 11) is -0.864. The Labute approximate surface area is 194 Å². The predicted octanol–water partition coefficient (Wildman–Crippen LogP) is 2.04. The van der Waals surface area contributed by atoms with Crippen LogP contribution >= 0.6 is 0 Å². The van der Waals surface area contributed by atoms with E-state index in [1.54, 1.807) is 10.6 Å². The highest BCUT2D eigenvalue weighted by Gasteiger charge is 2.32. The number of fused-ring (bicyclic) bond motifs is 1. The molecule has 1 aromatic heterocycles. The van der Waals surface area contributed by atoms with Gasteiger partial charge < -0.3 is 19.4 Å². The lowest BCUT2D eigenvalue weighted by atomic mass is 9.94. The monoisotopic (exact) mass is 479 g/mol. The molecule has 1 aliphatic rings. The summed E-state index contributed by atoms with van der Waals surface area (Å²) in [6, 6.07) is 4.57. The van der Waals surface area contributed by atoms with E-state index in [4.69, 9.17) is 9.47 Å². The van der Waals surface area contributed by atoms with Gasteiger partial charge in [-0.25, -0.2) is 8.42 Å². The van der Waals surface area contributed by atoms with Gasteiger partial charge in [0.05, 0.1) is 17.0 Å². The molecule has 1 fully saturated rings. The lowest BCUT2D eigenvalue weighted by molar-refractivity contribution is -0.0974. The fraction of sp³-hybridized carbons (Fsp3) is 0.565. The van der Waals surface area contributed by atoms with Gasteiger partial charge in [0.25, 0.3) is 5.91 Å². The van der Waals surface area contributed by atoms with Crippen LogP contribution in [0.1, 0.15) is 37.6 Å². The van der Waals surface area contributed by atoms with Gasteiger partial charge in [-0.1, -0.05) is 13.8 Å². The van der Waals surface area contributed by atoms with Gasteiger partial charge in [0, 0.05) is 45.4 Å². The molecule has 182 valence electrons. The van der Waals surface area contributed by atoms with Gasteiger partial charge >= 0.3 is 0 Å². The highest BCUT2D eigenvalue weighted by Crippen LogP contribution is 2.28. The first-order valence-electron chi connectivity index (χ1n) is 11.1. The highest BCUT2D eigenvalue weighted by atomic mass is 32.2. The van der Waals surface area contributed by atoms with Crippen molar-refractivity contribution in [2.75, 3.05) is 33.9 Å². The first-order chi connectivity index (χ1) is 15.6. The average Bonchev–Trinajstić information content (AvgIpc) is 2.79.